The predicted molar refractivity (Wildman–Crippen MR) is 113 cm³/mol. The number of hydrogen-bond acceptors (Lipinski definition) is 4. The van der Waals surface area contributed by atoms with E-state index in [1.807, 2.05) is 0 Å². The lowest BCUT2D eigenvalue weighted by Gasteiger charge is -2.26. The van der Waals surface area contributed by atoms with Crippen molar-refractivity contribution >= 4 is 27.7 Å². The molecule has 1 aliphatic rings. The van der Waals surface area contributed by atoms with Crippen LogP contribution in [0.1, 0.15) is 16.2 Å². The first-order valence-corrected chi connectivity index (χ1v) is 10.3. The van der Waals surface area contributed by atoms with Crippen LogP contribution in [0.2, 0.25) is 0 Å². The minimum atomic E-state index is -0.392. The van der Waals surface area contributed by atoms with Crippen LogP contribution in [0.3, 0.4) is 0 Å². The first kappa shape index (κ1) is 19.8. The highest BCUT2D eigenvalue weighted by Gasteiger charge is 2.23. The van der Waals surface area contributed by atoms with E-state index in [9.17, 15) is 13.6 Å². The molecular weight excluding hydrogens is 402 g/mol. The van der Waals surface area contributed by atoms with Gasteiger partial charge in [-0.25, -0.2) is 13.8 Å². The van der Waals surface area contributed by atoms with Gasteiger partial charge >= 0.3 is 0 Å². The molecule has 2 aromatic carbocycles. The molecule has 0 radical (unpaired) electrons. The third-order valence-corrected chi connectivity index (χ3v) is 5.90. The minimum Gasteiger partial charge on any atom is -0.379 e. The second-order valence-corrected chi connectivity index (χ2v) is 7.78. The molecule has 4 aromatic rings. The largest absolute Gasteiger partial charge is 0.379 e. The van der Waals surface area contributed by atoms with Crippen molar-refractivity contribution in [1.29, 1.82) is 0 Å². The van der Waals surface area contributed by atoms with Crippen molar-refractivity contribution in [3.05, 3.63) is 65.6 Å². The van der Waals surface area contributed by atoms with Crippen LogP contribution >= 0.6 is 0 Å². The van der Waals surface area contributed by atoms with E-state index in [4.69, 9.17) is 4.74 Å². The lowest BCUT2D eigenvalue weighted by atomic mass is 10.1. The van der Waals surface area contributed by atoms with E-state index in [2.05, 4.69) is 9.88 Å². The molecule has 0 unspecified atom stereocenters. The second kappa shape index (κ2) is 7.86. The number of nitrogens with zero attached hydrogens (tertiary/aromatic N) is 4. The molecule has 1 fully saturated rings. The minimum absolute atomic E-state index is 0.192. The average Bonchev–Trinajstić information content (AvgIpc) is 3.31. The van der Waals surface area contributed by atoms with Gasteiger partial charge in [0.2, 0.25) is 5.78 Å². The van der Waals surface area contributed by atoms with Crippen LogP contribution in [-0.2, 0) is 18.3 Å². The van der Waals surface area contributed by atoms with E-state index < -0.39 is 5.82 Å². The van der Waals surface area contributed by atoms with Gasteiger partial charge in [0, 0.05) is 44.8 Å². The van der Waals surface area contributed by atoms with Crippen LogP contribution in [0, 0.1) is 11.6 Å². The molecular formula is C23H22F2N4O2. The third-order valence-electron chi connectivity index (χ3n) is 5.90. The predicted octanol–water partition coefficient (Wildman–Crippen LogP) is 3.37. The fraction of sp³-hybridized carbons (Fsp3) is 0.304. The topological polar surface area (TPSA) is 52.3 Å². The van der Waals surface area contributed by atoms with Gasteiger partial charge < -0.3 is 13.9 Å². The Labute approximate surface area is 177 Å². The summed E-state index contributed by atoms with van der Waals surface area (Å²) in [5.41, 5.74) is 1.86. The number of aryl methyl sites for hydroxylation is 1. The standard InChI is InChI=1S/C23H22F2N4O2/c1-27-20-13-15(24)5-6-19(20)26-23(27)22(30)17-14-29(8-7-28-9-11-31-12-10-28)21-16(17)3-2-4-18(21)25/h2-6,13-14H,7-12H2,1H3. The maximum absolute atomic E-state index is 14.8. The molecule has 0 amide bonds. The molecule has 3 heterocycles. The smallest absolute Gasteiger partial charge is 0.230 e. The molecule has 2 aromatic heterocycles. The zero-order valence-electron chi connectivity index (χ0n) is 17.1. The van der Waals surface area contributed by atoms with E-state index in [0.717, 1.165) is 19.6 Å². The fourth-order valence-electron chi connectivity index (χ4n) is 4.23. The maximum atomic E-state index is 14.8. The number of carbonyl (C=O) groups excluding carboxylic acids is 1. The molecule has 160 valence electrons. The summed E-state index contributed by atoms with van der Waals surface area (Å²) >= 11 is 0. The summed E-state index contributed by atoms with van der Waals surface area (Å²) in [7, 11) is 1.68. The van der Waals surface area contributed by atoms with Crippen LogP contribution in [0.15, 0.2) is 42.6 Å². The third kappa shape index (κ3) is 3.51. The summed E-state index contributed by atoms with van der Waals surface area (Å²) in [6.07, 6.45) is 1.70. The van der Waals surface area contributed by atoms with Crippen molar-refractivity contribution in [2.45, 2.75) is 6.54 Å². The van der Waals surface area contributed by atoms with Crippen molar-refractivity contribution in [1.82, 2.24) is 19.0 Å². The number of ketones is 1. The van der Waals surface area contributed by atoms with E-state index in [0.29, 0.717) is 47.3 Å². The highest BCUT2D eigenvalue weighted by Crippen LogP contribution is 2.27. The quantitative estimate of drug-likeness (QED) is 0.461. The number of ether oxygens (including phenoxy) is 1. The van der Waals surface area contributed by atoms with Crippen LogP contribution in [0.4, 0.5) is 8.78 Å². The Morgan fingerprint density at radius 1 is 1.13 bits per heavy atom. The zero-order chi connectivity index (χ0) is 21.5. The number of fused-ring (bicyclic) bond motifs is 2. The molecule has 1 aliphatic heterocycles. The molecule has 6 nitrogen and oxygen atoms in total. The van der Waals surface area contributed by atoms with Gasteiger partial charge in [0.1, 0.15) is 11.6 Å². The van der Waals surface area contributed by atoms with Gasteiger partial charge in [0.25, 0.3) is 0 Å². The van der Waals surface area contributed by atoms with Gasteiger partial charge in [0.15, 0.2) is 5.82 Å². The van der Waals surface area contributed by atoms with Crippen LogP contribution in [0.25, 0.3) is 21.9 Å². The summed E-state index contributed by atoms with van der Waals surface area (Å²) in [6, 6.07) is 8.97. The summed E-state index contributed by atoms with van der Waals surface area (Å²) < 4.78 is 37.2. The Kier molecular flexibility index (Phi) is 5.03. The first-order valence-electron chi connectivity index (χ1n) is 10.3. The van der Waals surface area contributed by atoms with Crippen molar-refractivity contribution < 1.29 is 18.3 Å². The lowest BCUT2D eigenvalue weighted by molar-refractivity contribution is 0.0365. The van der Waals surface area contributed by atoms with E-state index in [-0.39, 0.29) is 17.4 Å². The molecule has 0 atom stereocenters. The number of hydrogen-bond donors (Lipinski definition) is 0. The van der Waals surface area contributed by atoms with Gasteiger partial charge in [-0.1, -0.05) is 12.1 Å². The molecule has 31 heavy (non-hydrogen) atoms. The molecule has 5 rings (SSSR count). The van der Waals surface area contributed by atoms with E-state index in [1.165, 1.54) is 18.2 Å². The highest BCUT2D eigenvalue weighted by molar-refractivity contribution is 6.15. The Balaban J connectivity index is 1.54. The van der Waals surface area contributed by atoms with Gasteiger partial charge in [-0.3, -0.25) is 9.69 Å². The Hall–Kier alpha value is -3.10. The molecule has 0 saturated carbocycles. The van der Waals surface area contributed by atoms with Crippen LogP contribution in [0.5, 0.6) is 0 Å². The van der Waals surface area contributed by atoms with Crippen LogP contribution < -0.4 is 0 Å². The number of halogens is 2. The van der Waals surface area contributed by atoms with Crippen molar-refractivity contribution in [3.8, 4) is 0 Å². The molecule has 0 N–H and O–H groups in total. The molecule has 0 aliphatic carbocycles. The van der Waals surface area contributed by atoms with E-state index >= 15 is 0 Å². The lowest BCUT2D eigenvalue weighted by Crippen LogP contribution is -2.38. The maximum Gasteiger partial charge on any atom is 0.230 e. The SMILES string of the molecule is Cn1c(C(=O)c2cn(CCN3CCOCC3)c3c(F)cccc23)nc2ccc(F)cc21. The van der Waals surface area contributed by atoms with Crippen molar-refractivity contribution in [2.75, 3.05) is 32.8 Å². The molecule has 0 spiro atoms. The average molecular weight is 424 g/mol. The monoisotopic (exact) mass is 424 g/mol. The number of rotatable bonds is 5. The number of para-hydroxylation sites is 1. The summed E-state index contributed by atoms with van der Waals surface area (Å²) in [5, 5.41) is 0.546. The normalized spacial score (nSPS) is 15.2. The van der Waals surface area contributed by atoms with E-state index in [1.54, 1.807) is 40.6 Å². The zero-order valence-corrected chi connectivity index (χ0v) is 17.1. The van der Waals surface area contributed by atoms with Gasteiger partial charge in [-0.05, 0) is 24.3 Å². The van der Waals surface area contributed by atoms with Gasteiger partial charge in [-0.2, -0.15) is 0 Å². The molecule has 1 saturated heterocycles. The fourth-order valence-corrected chi connectivity index (χ4v) is 4.23. The van der Waals surface area contributed by atoms with Gasteiger partial charge in [-0.15, -0.1) is 0 Å². The first-order chi connectivity index (χ1) is 15.0. The number of morpholine rings is 1. The number of imidazole rings is 1. The van der Waals surface area contributed by atoms with Crippen molar-refractivity contribution in [2.24, 2.45) is 7.05 Å². The van der Waals surface area contributed by atoms with Crippen LogP contribution in [-0.4, -0.2) is 57.6 Å². The van der Waals surface area contributed by atoms with Gasteiger partial charge in [0.05, 0.1) is 35.3 Å². The Bertz CT molecular complexity index is 1290. The van der Waals surface area contributed by atoms with Crippen molar-refractivity contribution in [3.63, 3.8) is 0 Å². The Morgan fingerprint density at radius 2 is 1.94 bits per heavy atom. The number of benzene rings is 2. The summed E-state index contributed by atoms with van der Waals surface area (Å²) in [5.74, 6) is -0.890. The highest BCUT2D eigenvalue weighted by atomic mass is 19.1. The summed E-state index contributed by atoms with van der Waals surface area (Å²) in [6.45, 7) is 4.35. The molecule has 8 heteroatoms. The summed E-state index contributed by atoms with van der Waals surface area (Å²) in [4.78, 5) is 20.1. The molecule has 0 bridgehead atoms. The number of carbonyl (C=O) groups is 1. The Morgan fingerprint density at radius 3 is 2.74 bits per heavy atom. The second-order valence-electron chi connectivity index (χ2n) is 7.78. The number of aromatic nitrogens is 3.